The van der Waals surface area contributed by atoms with Crippen molar-refractivity contribution in [3.8, 4) is 6.07 Å². The summed E-state index contributed by atoms with van der Waals surface area (Å²) >= 11 is 0. The molecule has 2 aromatic heterocycles. The molecule has 3 heterocycles. The predicted octanol–water partition coefficient (Wildman–Crippen LogP) is 0.458. The van der Waals surface area contributed by atoms with Crippen molar-refractivity contribution in [2.75, 3.05) is 42.7 Å². The molecule has 0 spiro atoms. The lowest BCUT2D eigenvalue weighted by molar-refractivity contribution is 0.439. The van der Waals surface area contributed by atoms with Gasteiger partial charge < -0.3 is 15.5 Å². The quantitative estimate of drug-likeness (QED) is 0.526. The fourth-order valence-electron chi connectivity index (χ4n) is 4.21. The molecule has 0 aromatic carbocycles. The molecule has 0 atom stereocenters. The molecule has 3 N–H and O–H groups in total. The van der Waals surface area contributed by atoms with Gasteiger partial charge in [0.25, 0.3) is 0 Å². The maximum absolute atomic E-state index is 12.4. The van der Waals surface area contributed by atoms with E-state index in [0.717, 1.165) is 51.6 Å². The average molecular weight is 448 g/mol. The van der Waals surface area contributed by atoms with E-state index in [2.05, 4.69) is 35.3 Å². The van der Waals surface area contributed by atoms with E-state index in [0.29, 0.717) is 23.6 Å². The van der Waals surface area contributed by atoms with Crippen molar-refractivity contribution >= 4 is 27.6 Å². The van der Waals surface area contributed by atoms with Crippen LogP contribution in [0.3, 0.4) is 0 Å². The summed E-state index contributed by atoms with van der Waals surface area (Å²) in [6, 6.07) is 4.16. The Hall–Kier alpha value is -2.49. The zero-order valence-electron chi connectivity index (χ0n) is 17.7. The minimum absolute atomic E-state index is 0.0483. The summed E-state index contributed by atoms with van der Waals surface area (Å²) in [4.78, 5) is 11.3. The van der Waals surface area contributed by atoms with Gasteiger partial charge in [0.1, 0.15) is 6.07 Å². The number of aromatic nitrogens is 4. The molecule has 0 amide bonds. The van der Waals surface area contributed by atoms with Gasteiger partial charge in [-0.2, -0.15) is 24.8 Å². The first-order chi connectivity index (χ1) is 15.0. The van der Waals surface area contributed by atoms with Crippen molar-refractivity contribution in [3.63, 3.8) is 0 Å². The molecule has 168 valence electrons. The van der Waals surface area contributed by atoms with Crippen LogP contribution in [0.4, 0.5) is 11.9 Å². The molecule has 1 aliphatic heterocycles. The highest BCUT2D eigenvalue weighted by molar-refractivity contribution is 7.89. The zero-order chi connectivity index (χ0) is 21.8. The summed E-state index contributed by atoms with van der Waals surface area (Å²) in [5.41, 5.74) is 0.741. The van der Waals surface area contributed by atoms with E-state index in [1.165, 1.54) is 4.52 Å². The number of piperidine rings is 1. The van der Waals surface area contributed by atoms with E-state index in [1.54, 1.807) is 6.07 Å². The lowest BCUT2D eigenvalue weighted by Crippen LogP contribution is -2.42. The van der Waals surface area contributed by atoms with Gasteiger partial charge in [-0.15, -0.1) is 0 Å². The van der Waals surface area contributed by atoms with Crippen LogP contribution >= 0.6 is 0 Å². The minimum atomic E-state index is -3.38. The zero-order valence-corrected chi connectivity index (χ0v) is 18.5. The molecule has 11 nitrogen and oxygen atoms in total. The molecule has 4 rings (SSSR count). The van der Waals surface area contributed by atoms with Crippen molar-refractivity contribution in [2.45, 2.75) is 50.6 Å². The second kappa shape index (κ2) is 9.33. The summed E-state index contributed by atoms with van der Waals surface area (Å²) in [5.74, 6) is 0.874. The number of nitrogens with zero attached hydrogens (tertiary/aromatic N) is 6. The molecule has 2 aliphatic rings. The van der Waals surface area contributed by atoms with E-state index in [-0.39, 0.29) is 24.0 Å². The number of hydrogen-bond donors (Lipinski definition) is 3. The minimum Gasteiger partial charge on any atom is -0.353 e. The molecular weight excluding hydrogens is 418 g/mol. The Kier molecular flexibility index (Phi) is 6.54. The molecule has 2 fully saturated rings. The summed E-state index contributed by atoms with van der Waals surface area (Å²) in [6.07, 6.45) is 5.91. The standard InChI is InChI=1S/C19H29N9O2S/c1-21-14-6-9-27(10-7-14)19-23-17-12-16(13-20)25-28(17)18(24-19)22-8-11-31(29,30)26-15-4-2-3-5-15/h12,14-15,21,26H,2-11H2,1H3,(H,22,23,24). The number of nitriles is 1. The molecule has 0 radical (unpaired) electrons. The summed E-state index contributed by atoms with van der Waals surface area (Å²) in [5, 5.41) is 19.8. The molecular formula is C19H29N9O2S. The number of hydrogen-bond acceptors (Lipinski definition) is 9. The second-order valence-corrected chi connectivity index (χ2v) is 10.0. The first-order valence-corrected chi connectivity index (χ1v) is 12.5. The lowest BCUT2D eigenvalue weighted by Gasteiger charge is -2.31. The van der Waals surface area contributed by atoms with Gasteiger partial charge in [0, 0.05) is 37.8 Å². The smallest absolute Gasteiger partial charge is 0.230 e. The van der Waals surface area contributed by atoms with Crippen LogP contribution in [0.5, 0.6) is 0 Å². The molecule has 0 bridgehead atoms. The predicted molar refractivity (Wildman–Crippen MR) is 117 cm³/mol. The lowest BCUT2D eigenvalue weighted by atomic mass is 10.1. The first-order valence-electron chi connectivity index (χ1n) is 10.8. The van der Waals surface area contributed by atoms with E-state index in [4.69, 9.17) is 0 Å². The van der Waals surface area contributed by atoms with Crippen LogP contribution in [0.1, 0.15) is 44.2 Å². The SMILES string of the molecule is CNC1CCN(c2nc(NCCS(=O)(=O)NC3CCCC3)n3nc(C#N)cc3n2)CC1. The van der Waals surface area contributed by atoms with Crippen molar-refractivity contribution in [3.05, 3.63) is 11.8 Å². The third-order valence-corrected chi connectivity index (χ3v) is 7.40. The number of fused-ring (bicyclic) bond motifs is 1. The highest BCUT2D eigenvalue weighted by Crippen LogP contribution is 2.21. The highest BCUT2D eigenvalue weighted by Gasteiger charge is 2.23. The van der Waals surface area contributed by atoms with Crippen LogP contribution in [0.25, 0.3) is 5.65 Å². The first kappa shape index (κ1) is 21.7. The molecule has 1 aliphatic carbocycles. The number of nitrogens with one attached hydrogen (secondary N) is 3. The van der Waals surface area contributed by atoms with Gasteiger partial charge in [-0.05, 0) is 32.7 Å². The van der Waals surface area contributed by atoms with Gasteiger partial charge in [-0.25, -0.2) is 13.1 Å². The van der Waals surface area contributed by atoms with E-state index >= 15 is 0 Å². The van der Waals surface area contributed by atoms with Crippen LogP contribution in [-0.2, 0) is 10.0 Å². The van der Waals surface area contributed by atoms with Crippen molar-refractivity contribution < 1.29 is 8.42 Å². The van der Waals surface area contributed by atoms with Gasteiger partial charge in [-0.1, -0.05) is 12.8 Å². The Bertz CT molecular complexity index is 1050. The summed E-state index contributed by atoms with van der Waals surface area (Å²) < 4.78 is 29.0. The van der Waals surface area contributed by atoms with Crippen LogP contribution in [0.2, 0.25) is 0 Å². The Labute approximate surface area is 182 Å². The van der Waals surface area contributed by atoms with Crippen LogP contribution in [-0.4, -0.2) is 72.5 Å². The van der Waals surface area contributed by atoms with Crippen LogP contribution in [0.15, 0.2) is 6.07 Å². The van der Waals surface area contributed by atoms with Crippen molar-refractivity contribution in [1.29, 1.82) is 5.26 Å². The van der Waals surface area contributed by atoms with Crippen molar-refractivity contribution in [2.24, 2.45) is 0 Å². The largest absolute Gasteiger partial charge is 0.353 e. The fourth-order valence-corrected chi connectivity index (χ4v) is 5.44. The van der Waals surface area contributed by atoms with Crippen molar-refractivity contribution in [1.82, 2.24) is 29.6 Å². The topological polar surface area (TPSA) is 140 Å². The maximum atomic E-state index is 12.4. The van der Waals surface area contributed by atoms with E-state index in [1.807, 2.05) is 13.1 Å². The summed E-state index contributed by atoms with van der Waals surface area (Å²) in [6.45, 7) is 1.82. The molecule has 0 unspecified atom stereocenters. The Morgan fingerprint density at radius 1 is 1.16 bits per heavy atom. The van der Waals surface area contributed by atoms with Gasteiger partial charge in [0.05, 0.1) is 5.75 Å². The molecule has 1 saturated carbocycles. The van der Waals surface area contributed by atoms with E-state index < -0.39 is 10.0 Å². The third kappa shape index (κ3) is 5.23. The van der Waals surface area contributed by atoms with Crippen LogP contribution in [0, 0.1) is 11.3 Å². The molecule has 1 saturated heterocycles. The Morgan fingerprint density at radius 2 is 1.90 bits per heavy atom. The van der Waals surface area contributed by atoms with E-state index in [9.17, 15) is 13.7 Å². The molecule has 2 aromatic rings. The Balaban J connectivity index is 1.49. The normalized spacial score (nSPS) is 18.5. The Morgan fingerprint density at radius 3 is 2.58 bits per heavy atom. The second-order valence-electron chi connectivity index (χ2n) is 8.15. The number of anilines is 2. The monoisotopic (exact) mass is 447 g/mol. The van der Waals surface area contributed by atoms with Gasteiger partial charge in [0.2, 0.25) is 21.9 Å². The van der Waals surface area contributed by atoms with Crippen LogP contribution < -0.4 is 20.3 Å². The average Bonchev–Trinajstić information content (AvgIpc) is 3.42. The van der Waals surface area contributed by atoms with Gasteiger partial charge in [-0.3, -0.25) is 0 Å². The van der Waals surface area contributed by atoms with Gasteiger partial charge in [0.15, 0.2) is 11.3 Å². The number of sulfonamides is 1. The highest BCUT2D eigenvalue weighted by atomic mass is 32.2. The number of rotatable bonds is 8. The third-order valence-electron chi connectivity index (χ3n) is 5.97. The van der Waals surface area contributed by atoms with Gasteiger partial charge >= 0.3 is 0 Å². The maximum Gasteiger partial charge on any atom is 0.230 e. The molecule has 12 heteroatoms. The fraction of sp³-hybridized carbons (Fsp3) is 0.684. The summed E-state index contributed by atoms with van der Waals surface area (Å²) in [7, 11) is -1.41. The molecule has 31 heavy (non-hydrogen) atoms.